The molecule has 0 aliphatic carbocycles. The van der Waals surface area contributed by atoms with Gasteiger partial charge in [0, 0.05) is 24.2 Å². The highest BCUT2D eigenvalue weighted by atomic mass is 35.5. The molecular formula is C17H26ClN3O2. The summed E-state index contributed by atoms with van der Waals surface area (Å²) in [6.07, 6.45) is 6.37. The third-order valence-corrected chi connectivity index (χ3v) is 3.68. The van der Waals surface area contributed by atoms with Gasteiger partial charge in [-0.25, -0.2) is 0 Å². The van der Waals surface area contributed by atoms with Crippen molar-refractivity contribution < 1.29 is 9.47 Å². The molecule has 0 radical (unpaired) electrons. The van der Waals surface area contributed by atoms with Gasteiger partial charge >= 0.3 is 0 Å². The number of halogens is 1. The highest BCUT2D eigenvalue weighted by Gasteiger charge is 2.13. The first-order valence-corrected chi connectivity index (χ1v) is 7.75. The summed E-state index contributed by atoms with van der Waals surface area (Å²) in [7, 11) is 3.30. The number of unbranched alkanes of at least 4 members (excludes halogenated alkanes) is 3. The van der Waals surface area contributed by atoms with Crippen molar-refractivity contribution in [3.63, 3.8) is 0 Å². The van der Waals surface area contributed by atoms with E-state index >= 15 is 0 Å². The van der Waals surface area contributed by atoms with E-state index in [2.05, 4.69) is 10.3 Å². The van der Waals surface area contributed by atoms with Crippen LogP contribution in [0.2, 0.25) is 0 Å². The summed E-state index contributed by atoms with van der Waals surface area (Å²) in [5, 5.41) is 4.41. The Morgan fingerprint density at radius 1 is 1.13 bits per heavy atom. The smallest absolute Gasteiger partial charge is 0.170 e. The first-order chi connectivity index (χ1) is 10.8. The molecule has 5 nitrogen and oxygen atoms in total. The summed E-state index contributed by atoms with van der Waals surface area (Å²) in [6.45, 7) is 1.68. The number of nitrogens with zero attached hydrogens (tertiary/aromatic N) is 1. The Morgan fingerprint density at radius 3 is 2.61 bits per heavy atom. The van der Waals surface area contributed by atoms with Crippen molar-refractivity contribution in [3.05, 3.63) is 24.4 Å². The van der Waals surface area contributed by atoms with Crippen LogP contribution in [0.5, 0.6) is 11.5 Å². The Kier molecular flexibility index (Phi) is 8.51. The van der Waals surface area contributed by atoms with E-state index in [0.717, 1.165) is 48.3 Å². The summed E-state index contributed by atoms with van der Waals surface area (Å²) in [5.74, 6) is 1.44. The van der Waals surface area contributed by atoms with Gasteiger partial charge in [0.1, 0.15) is 0 Å². The van der Waals surface area contributed by atoms with Gasteiger partial charge < -0.3 is 20.5 Å². The minimum atomic E-state index is 0. The van der Waals surface area contributed by atoms with Crippen molar-refractivity contribution in [1.29, 1.82) is 0 Å². The molecule has 0 saturated heterocycles. The van der Waals surface area contributed by atoms with E-state index in [1.54, 1.807) is 20.4 Å². The maximum absolute atomic E-state index is 5.51. The number of benzene rings is 1. The van der Waals surface area contributed by atoms with Crippen LogP contribution in [0, 0.1) is 0 Å². The molecule has 128 valence electrons. The predicted molar refractivity (Wildman–Crippen MR) is 98.1 cm³/mol. The lowest BCUT2D eigenvalue weighted by Crippen LogP contribution is -2.04. The van der Waals surface area contributed by atoms with Gasteiger partial charge in [-0.15, -0.1) is 12.4 Å². The van der Waals surface area contributed by atoms with Crippen molar-refractivity contribution in [2.75, 3.05) is 32.6 Å². The standard InChI is InChI=1S/C17H25N3O2.ClH/c1-21-15-12-14(19-10-6-4-3-5-9-18)16-13(17(15)22-2)8-7-11-20-16;/h7-8,11-12,19H,3-6,9-10,18H2,1-2H3;1H. The molecule has 1 aromatic heterocycles. The highest BCUT2D eigenvalue weighted by molar-refractivity contribution is 5.97. The van der Waals surface area contributed by atoms with Gasteiger partial charge in [-0.3, -0.25) is 4.98 Å². The van der Waals surface area contributed by atoms with Gasteiger partial charge in [0.05, 0.1) is 25.4 Å². The molecular weight excluding hydrogens is 314 g/mol. The molecule has 0 amide bonds. The van der Waals surface area contributed by atoms with Crippen LogP contribution in [0.3, 0.4) is 0 Å². The first kappa shape index (κ1) is 19.3. The zero-order valence-electron chi connectivity index (χ0n) is 13.8. The van der Waals surface area contributed by atoms with Gasteiger partial charge in [-0.05, 0) is 31.5 Å². The van der Waals surface area contributed by atoms with Crippen LogP contribution >= 0.6 is 12.4 Å². The fraction of sp³-hybridized carbons (Fsp3) is 0.471. The molecule has 0 spiro atoms. The van der Waals surface area contributed by atoms with Crippen molar-refractivity contribution in [1.82, 2.24) is 4.98 Å². The molecule has 0 aliphatic heterocycles. The normalized spacial score (nSPS) is 10.2. The number of aromatic nitrogens is 1. The lowest BCUT2D eigenvalue weighted by molar-refractivity contribution is 0.358. The summed E-state index contributed by atoms with van der Waals surface area (Å²) >= 11 is 0. The van der Waals surface area contributed by atoms with Crippen molar-refractivity contribution in [2.45, 2.75) is 25.7 Å². The molecule has 0 fully saturated rings. The van der Waals surface area contributed by atoms with Crippen LogP contribution in [-0.2, 0) is 0 Å². The average molecular weight is 340 g/mol. The molecule has 0 aliphatic rings. The summed E-state index contributed by atoms with van der Waals surface area (Å²) in [4.78, 5) is 4.48. The number of hydrogen-bond donors (Lipinski definition) is 2. The van der Waals surface area contributed by atoms with E-state index < -0.39 is 0 Å². The van der Waals surface area contributed by atoms with Gasteiger partial charge in [0.2, 0.25) is 0 Å². The Bertz CT molecular complexity index is 608. The number of fused-ring (bicyclic) bond motifs is 1. The first-order valence-electron chi connectivity index (χ1n) is 7.75. The minimum Gasteiger partial charge on any atom is -0.493 e. The third kappa shape index (κ3) is 4.88. The Hall–Kier alpha value is -1.72. The lowest BCUT2D eigenvalue weighted by Gasteiger charge is -2.15. The fourth-order valence-corrected chi connectivity index (χ4v) is 2.54. The van der Waals surface area contributed by atoms with Crippen LogP contribution < -0.4 is 20.5 Å². The number of methoxy groups -OCH3 is 2. The van der Waals surface area contributed by atoms with Crippen LogP contribution in [0.1, 0.15) is 25.7 Å². The summed E-state index contributed by atoms with van der Waals surface area (Å²) in [5.41, 5.74) is 7.39. The minimum absolute atomic E-state index is 0. The van der Waals surface area contributed by atoms with Crippen molar-refractivity contribution in [2.24, 2.45) is 5.73 Å². The quantitative estimate of drug-likeness (QED) is 0.683. The van der Waals surface area contributed by atoms with Gasteiger partial charge in [-0.1, -0.05) is 12.8 Å². The highest BCUT2D eigenvalue weighted by Crippen LogP contribution is 2.39. The molecule has 0 saturated carbocycles. The summed E-state index contributed by atoms with van der Waals surface area (Å²) < 4.78 is 10.9. The molecule has 6 heteroatoms. The number of hydrogen-bond acceptors (Lipinski definition) is 5. The molecule has 1 heterocycles. The Labute approximate surface area is 144 Å². The fourth-order valence-electron chi connectivity index (χ4n) is 2.54. The third-order valence-electron chi connectivity index (χ3n) is 3.68. The van der Waals surface area contributed by atoms with Gasteiger partial charge in [0.25, 0.3) is 0 Å². The number of pyridine rings is 1. The number of nitrogens with two attached hydrogens (primary N) is 1. The maximum Gasteiger partial charge on any atom is 0.170 e. The topological polar surface area (TPSA) is 69.4 Å². The Morgan fingerprint density at radius 2 is 1.91 bits per heavy atom. The molecule has 0 atom stereocenters. The van der Waals surface area contributed by atoms with Gasteiger partial charge in [-0.2, -0.15) is 0 Å². The lowest BCUT2D eigenvalue weighted by atomic mass is 10.1. The molecule has 0 unspecified atom stereocenters. The largest absolute Gasteiger partial charge is 0.493 e. The van der Waals surface area contributed by atoms with Gasteiger partial charge in [0.15, 0.2) is 11.5 Å². The van der Waals surface area contributed by atoms with E-state index in [1.165, 1.54) is 12.8 Å². The van der Waals surface area contributed by atoms with Crippen LogP contribution in [-0.4, -0.2) is 32.3 Å². The second kappa shape index (κ2) is 10.1. The van der Waals surface area contributed by atoms with E-state index in [1.807, 2.05) is 18.2 Å². The van der Waals surface area contributed by atoms with Crippen LogP contribution in [0.4, 0.5) is 5.69 Å². The van der Waals surface area contributed by atoms with Crippen LogP contribution in [0.15, 0.2) is 24.4 Å². The monoisotopic (exact) mass is 339 g/mol. The number of anilines is 1. The maximum atomic E-state index is 5.51. The number of ether oxygens (including phenoxy) is 2. The molecule has 23 heavy (non-hydrogen) atoms. The SMILES string of the molecule is COc1cc(NCCCCCCN)c2ncccc2c1OC.Cl. The van der Waals surface area contributed by atoms with E-state index in [9.17, 15) is 0 Å². The second-order valence-corrected chi connectivity index (χ2v) is 5.19. The van der Waals surface area contributed by atoms with Crippen LogP contribution in [0.25, 0.3) is 10.9 Å². The molecule has 3 N–H and O–H groups in total. The molecule has 1 aromatic carbocycles. The average Bonchev–Trinajstić information content (AvgIpc) is 2.57. The van der Waals surface area contributed by atoms with E-state index in [-0.39, 0.29) is 12.4 Å². The zero-order chi connectivity index (χ0) is 15.8. The molecule has 2 aromatic rings. The molecule has 0 bridgehead atoms. The number of nitrogens with one attached hydrogen (secondary N) is 1. The zero-order valence-corrected chi connectivity index (χ0v) is 14.6. The van der Waals surface area contributed by atoms with Crippen molar-refractivity contribution >= 4 is 29.0 Å². The van der Waals surface area contributed by atoms with Crippen molar-refractivity contribution in [3.8, 4) is 11.5 Å². The molecule has 2 rings (SSSR count). The second-order valence-electron chi connectivity index (χ2n) is 5.19. The Balaban J connectivity index is 0.00000264. The van der Waals surface area contributed by atoms with E-state index in [0.29, 0.717) is 5.75 Å². The van der Waals surface area contributed by atoms with E-state index in [4.69, 9.17) is 15.2 Å². The summed E-state index contributed by atoms with van der Waals surface area (Å²) in [6, 6.07) is 5.85. The number of rotatable bonds is 9. The predicted octanol–water partition coefficient (Wildman–Crippen LogP) is 3.60.